The number of hydrogen-bond donors (Lipinski definition) is 0. The molecule has 20 heavy (non-hydrogen) atoms. The maximum atomic E-state index is 6.20. The summed E-state index contributed by atoms with van der Waals surface area (Å²) < 4.78 is 6.20. The summed E-state index contributed by atoms with van der Waals surface area (Å²) >= 11 is 0. The number of ether oxygens (including phenoxy) is 1. The van der Waals surface area contributed by atoms with Gasteiger partial charge >= 0.3 is 0 Å². The third-order valence-corrected chi connectivity index (χ3v) is 3.91. The normalized spacial score (nSPS) is 12.8. The molecule has 2 nitrogen and oxygen atoms in total. The molecule has 0 radical (unpaired) electrons. The summed E-state index contributed by atoms with van der Waals surface area (Å²) in [4.78, 5) is 2.19. The first-order chi connectivity index (χ1) is 9.74. The Morgan fingerprint density at radius 2 is 1.70 bits per heavy atom. The zero-order valence-electron chi connectivity index (χ0n) is 11.6. The summed E-state index contributed by atoms with van der Waals surface area (Å²) in [5, 5.41) is 2.36. The molecule has 4 rings (SSSR count). The third-order valence-electron chi connectivity index (χ3n) is 3.91. The number of rotatable bonds is 0. The van der Waals surface area contributed by atoms with Crippen molar-refractivity contribution in [1.29, 1.82) is 0 Å². The van der Waals surface area contributed by atoms with Gasteiger partial charge in [0.05, 0.1) is 11.4 Å². The van der Waals surface area contributed by atoms with Crippen molar-refractivity contribution >= 4 is 22.1 Å². The molecular weight excluding hydrogens is 246 g/mol. The van der Waals surface area contributed by atoms with Crippen LogP contribution < -0.4 is 9.64 Å². The topological polar surface area (TPSA) is 12.5 Å². The van der Waals surface area contributed by atoms with Crippen molar-refractivity contribution in [2.45, 2.75) is 6.92 Å². The minimum Gasteiger partial charge on any atom is -0.452 e. The van der Waals surface area contributed by atoms with Crippen LogP contribution in [-0.2, 0) is 0 Å². The molecule has 0 bridgehead atoms. The minimum atomic E-state index is 0.927. The highest BCUT2D eigenvalue weighted by Crippen LogP contribution is 2.48. The fourth-order valence-corrected chi connectivity index (χ4v) is 2.82. The van der Waals surface area contributed by atoms with E-state index in [0.29, 0.717) is 0 Å². The average Bonchev–Trinajstić information content (AvgIpc) is 2.47. The Hall–Kier alpha value is -2.48. The SMILES string of the molecule is Cc1ccc2c(c1)Oc1c(ccc3ccccc13)N2C. The molecule has 0 unspecified atom stereocenters. The molecule has 0 saturated carbocycles. The quantitative estimate of drug-likeness (QED) is 0.563. The molecule has 0 aromatic heterocycles. The van der Waals surface area contributed by atoms with Crippen molar-refractivity contribution in [1.82, 2.24) is 0 Å². The molecule has 1 heterocycles. The fraction of sp³-hybridized carbons (Fsp3) is 0.111. The Bertz CT molecular complexity index is 823. The molecule has 1 aliphatic rings. The number of hydrogen-bond acceptors (Lipinski definition) is 2. The second-order valence-corrected chi connectivity index (χ2v) is 5.27. The van der Waals surface area contributed by atoms with Gasteiger partial charge in [-0.15, -0.1) is 0 Å². The van der Waals surface area contributed by atoms with Crippen molar-refractivity contribution in [3.05, 3.63) is 60.2 Å². The van der Waals surface area contributed by atoms with Gasteiger partial charge in [-0.05, 0) is 36.1 Å². The lowest BCUT2D eigenvalue weighted by atomic mass is 10.1. The van der Waals surface area contributed by atoms with Crippen molar-refractivity contribution in [2.24, 2.45) is 0 Å². The van der Waals surface area contributed by atoms with Crippen LogP contribution in [0.5, 0.6) is 11.5 Å². The fourth-order valence-electron chi connectivity index (χ4n) is 2.82. The summed E-state index contributed by atoms with van der Waals surface area (Å²) in [5.41, 5.74) is 3.43. The van der Waals surface area contributed by atoms with Gasteiger partial charge in [0.25, 0.3) is 0 Å². The van der Waals surface area contributed by atoms with Gasteiger partial charge in [-0.3, -0.25) is 0 Å². The number of nitrogens with zero attached hydrogens (tertiary/aromatic N) is 1. The molecule has 0 atom stereocenters. The summed E-state index contributed by atoms with van der Waals surface area (Å²) in [6.45, 7) is 2.09. The summed E-state index contributed by atoms with van der Waals surface area (Å²) in [6, 6.07) is 18.9. The summed E-state index contributed by atoms with van der Waals surface area (Å²) in [6.07, 6.45) is 0. The minimum absolute atomic E-state index is 0.927. The van der Waals surface area contributed by atoms with Crippen LogP contribution in [0.4, 0.5) is 11.4 Å². The van der Waals surface area contributed by atoms with Gasteiger partial charge < -0.3 is 9.64 Å². The van der Waals surface area contributed by atoms with Crippen LogP contribution in [-0.4, -0.2) is 7.05 Å². The Morgan fingerprint density at radius 1 is 0.900 bits per heavy atom. The predicted molar refractivity (Wildman–Crippen MR) is 83.3 cm³/mol. The zero-order valence-corrected chi connectivity index (χ0v) is 11.6. The Morgan fingerprint density at radius 3 is 2.60 bits per heavy atom. The standard InChI is InChI=1S/C18H15NO/c1-12-7-9-15-17(11-12)20-18-14-6-4-3-5-13(14)8-10-16(18)19(15)2/h3-11H,1-2H3. The maximum Gasteiger partial charge on any atom is 0.158 e. The third kappa shape index (κ3) is 1.51. The van der Waals surface area contributed by atoms with Gasteiger partial charge in [-0.1, -0.05) is 36.4 Å². The van der Waals surface area contributed by atoms with E-state index in [-0.39, 0.29) is 0 Å². The smallest absolute Gasteiger partial charge is 0.158 e. The molecule has 0 fully saturated rings. The Balaban J connectivity index is 2.00. The second-order valence-electron chi connectivity index (χ2n) is 5.27. The molecule has 0 saturated heterocycles. The molecule has 0 N–H and O–H groups in total. The molecule has 3 aromatic rings. The number of fused-ring (bicyclic) bond motifs is 4. The van der Waals surface area contributed by atoms with E-state index in [4.69, 9.17) is 4.74 Å². The second kappa shape index (κ2) is 4.01. The van der Waals surface area contributed by atoms with Gasteiger partial charge in [-0.25, -0.2) is 0 Å². The first-order valence-electron chi connectivity index (χ1n) is 6.78. The molecule has 0 spiro atoms. The highest BCUT2D eigenvalue weighted by Gasteiger charge is 2.23. The highest BCUT2D eigenvalue weighted by molar-refractivity contribution is 5.96. The zero-order chi connectivity index (χ0) is 13.7. The van der Waals surface area contributed by atoms with Gasteiger partial charge in [0.1, 0.15) is 0 Å². The van der Waals surface area contributed by atoms with E-state index in [1.807, 2.05) is 0 Å². The monoisotopic (exact) mass is 261 g/mol. The first-order valence-corrected chi connectivity index (χ1v) is 6.78. The van der Waals surface area contributed by atoms with E-state index >= 15 is 0 Å². The molecule has 98 valence electrons. The van der Waals surface area contributed by atoms with Crippen LogP contribution in [0.25, 0.3) is 10.8 Å². The number of anilines is 2. The lowest BCUT2D eigenvalue weighted by Gasteiger charge is -2.30. The molecule has 0 aliphatic carbocycles. The van der Waals surface area contributed by atoms with Crippen molar-refractivity contribution < 1.29 is 4.74 Å². The molecule has 2 heteroatoms. The van der Waals surface area contributed by atoms with E-state index in [1.165, 1.54) is 10.9 Å². The Kier molecular flexibility index (Phi) is 2.27. The highest BCUT2D eigenvalue weighted by atomic mass is 16.5. The number of aryl methyl sites for hydroxylation is 1. The van der Waals surface area contributed by atoms with Gasteiger partial charge in [0, 0.05) is 12.4 Å². The van der Waals surface area contributed by atoms with Crippen molar-refractivity contribution in [3.8, 4) is 11.5 Å². The van der Waals surface area contributed by atoms with Gasteiger partial charge in [0.2, 0.25) is 0 Å². The van der Waals surface area contributed by atoms with E-state index in [1.54, 1.807) is 0 Å². The van der Waals surface area contributed by atoms with E-state index in [0.717, 1.165) is 28.3 Å². The maximum absolute atomic E-state index is 6.20. The van der Waals surface area contributed by atoms with E-state index < -0.39 is 0 Å². The molecule has 1 aliphatic heterocycles. The van der Waals surface area contributed by atoms with E-state index in [2.05, 4.69) is 73.5 Å². The van der Waals surface area contributed by atoms with Crippen LogP contribution >= 0.6 is 0 Å². The molecule has 3 aromatic carbocycles. The van der Waals surface area contributed by atoms with Crippen LogP contribution in [0.3, 0.4) is 0 Å². The summed E-state index contributed by atoms with van der Waals surface area (Å²) in [5.74, 6) is 1.88. The van der Waals surface area contributed by atoms with Crippen LogP contribution in [0.15, 0.2) is 54.6 Å². The van der Waals surface area contributed by atoms with Gasteiger partial charge in [-0.2, -0.15) is 0 Å². The lowest BCUT2D eigenvalue weighted by molar-refractivity contribution is 0.481. The van der Waals surface area contributed by atoms with Crippen LogP contribution in [0.2, 0.25) is 0 Å². The Labute approximate surface area is 118 Å². The van der Waals surface area contributed by atoms with Crippen molar-refractivity contribution in [3.63, 3.8) is 0 Å². The summed E-state index contributed by atoms with van der Waals surface area (Å²) in [7, 11) is 2.09. The molecule has 0 amide bonds. The largest absolute Gasteiger partial charge is 0.452 e. The predicted octanol–water partition coefficient (Wildman–Crippen LogP) is 5.02. The lowest BCUT2D eigenvalue weighted by Crippen LogP contribution is -2.15. The van der Waals surface area contributed by atoms with Crippen LogP contribution in [0.1, 0.15) is 5.56 Å². The van der Waals surface area contributed by atoms with E-state index in [9.17, 15) is 0 Å². The van der Waals surface area contributed by atoms with Crippen molar-refractivity contribution in [2.75, 3.05) is 11.9 Å². The van der Waals surface area contributed by atoms with Crippen LogP contribution in [0, 0.1) is 6.92 Å². The molecular formula is C18H15NO. The average molecular weight is 261 g/mol. The number of benzene rings is 3. The van der Waals surface area contributed by atoms with Gasteiger partial charge in [0.15, 0.2) is 11.5 Å². The first kappa shape index (κ1) is 11.4.